The van der Waals surface area contributed by atoms with E-state index in [2.05, 4.69) is 27.9 Å². The number of nitrogens with one attached hydrogen (secondary N) is 1. The number of hydrogen-bond donors (Lipinski definition) is 1. The SMILES string of the molecule is CC(c1ccc(C#N)cc1)C(c1cnc[nH]1)N1CCN(c2cccc(Cl)c2)C(=O)C1.Cl.Cl. The lowest BCUT2D eigenvalue weighted by Gasteiger charge is -2.40. The van der Waals surface area contributed by atoms with Gasteiger partial charge < -0.3 is 9.88 Å². The number of amides is 1. The van der Waals surface area contributed by atoms with Gasteiger partial charge in [-0.25, -0.2) is 4.98 Å². The third-order valence-corrected chi connectivity index (χ3v) is 5.88. The Morgan fingerprint density at radius 1 is 1.16 bits per heavy atom. The fourth-order valence-corrected chi connectivity index (χ4v) is 4.28. The summed E-state index contributed by atoms with van der Waals surface area (Å²) in [5, 5.41) is 9.69. The molecule has 0 radical (unpaired) electrons. The minimum absolute atomic E-state index is 0. The Hall–Kier alpha value is -2.56. The van der Waals surface area contributed by atoms with Crippen molar-refractivity contribution in [3.05, 3.63) is 82.9 Å². The van der Waals surface area contributed by atoms with Crippen LogP contribution in [-0.4, -0.2) is 40.4 Å². The number of imidazole rings is 1. The predicted octanol–water partition coefficient (Wildman–Crippen LogP) is 4.97. The van der Waals surface area contributed by atoms with Crippen molar-refractivity contribution in [2.75, 3.05) is 24.5 Å². The maximum Gasteiger partial charge on any atom is 0.241 e. The van der Waals surface area contributed by atoms with Gasteiger partial charge in [0, 0.05) is 35.9 Å². The second-order valence-electron chi connectivity index (χ2n) is 7.47. The number of piperazine rings is 1. The van der Waals surface area contributed by atoms with Gasteiger partial charge in [0.1, 0.15) is 0 Å². The highest BCUT2D eigenvalue weighted by Gasteiger charge is 2.34. The molecule has 2 unspecified atom stereocenters. The number of H-pyrrole nitrogens is 1. The second-order valence-corrected chi connectivity index (χ2v) is 7.91. The Bertz CT molecular complexity index is 1070. The molecular weight excluding hydrogens is 469 g/mol. The van der Waals surface area contributed by atoms with E-state index in [1.54, 1.807) is 17.3 Å². The van der Waals surface area contributed by atoms with Gasteiger partial charge >= 0.3 is 0 Å². The van der Waals surface area contributed by atoms with Crippen molar-refractivity contribution >= 4 is 48.0 Å². The lowest BCUT2D eigenvalue weighted by molar-refractivity contribution is -0.122. The first kappa shape index (κ1) is 25.7. The molecule has 4 rings (SSSR count). The Balaban J connectivity index is 0.00000181. The summed E-state index contributed by atoms with van der Waals surface area (Å²) in [6.45, 7) is 3.75. The number of aromatic nitrogens is 2. The molecule has 2 atom stereocenters. The van der Waals surface area contributed by atoms with Crippen LogP contribution >= 0.6 is 36.4 Å². The van der Waals surface area contributed by atoms with E-state index in [9.17, 15) is 4.79 Å². The molecule has 1 fully saturated rings. The third-order valence-electron chi connectivity index (χ3n) is 5.64. The molecular formula is C23H24Cl3N5O. The summed E-state index contributed by atoms with van der Waals surface area (Å²) in [5.41, 5.74) is 3.54. The molecule has 1 aromatic heterocycles. The zero-order valence-electron chi connectivity index (χ0n) is 17.4. The quantitative estimate of drug-likeness (QED) is 0.545. The fourth-order valence-electron chi connectivity index (χ4n) is 4.10. The second kappa shape index (κ2) is 11.3. The van der Waals surface area contributed by atoms with E-state index < -0.39 is 0 Å². The van der Waals surface area contributed by atoms with E-state index >= 15 is 0 Å². The molecule has 1 aliphatic heterocycles. The molecule has 1 amide bonds. The molecule has 0 aliphatic carbocycles. The van der Waals surface area contributed by atoms with E-state index in [4.69, 9.17) is 16.9 Å². The van der Waals surface area contributed by atoms with Crippen molar-refractivity contribution < 1.29 is 4.79 Å². The van der Waals surface area contributed by atoms with Crippen LogP contribution in [0.4, 0.5) is 5.69 Å². The van der Waals surface area contributed by atoms with E-state index in [1.165, 1.54) is 0 Å². The maximum absolute atomic E-state index is 13.0. The summed E-state index contributed by atoms with van der Waals surface area (Å²) in [6.07, 6.45) is 3.48. The Morgan fingerprint density at radius 3 is 2.50 bits per heavy atom. The molecule has 9 heteroatoms. The van der Waals surface area contributed by atoms with Gasteiger partial charge in [-0.15, -0.1) is 24.8 Å². The molecule has 1 aliphatic rings. The highest BCUT2D eigenvalue weighted by Crippen LogP contribution is 2.36. The van der Waals surface area contributed by atoms with Crippen LogP contribution in [0.1, 0.15) is 35.7 Å². The molecule has 0 saturated carbocycles. The van der Waals surface area contributed by atoms with Crippen LogP contribution in [0.5, 0.6) is 0 Å². The highest BCUT2D eigenvalue weighted by molar-refractivity contribution is 6.30. The monoisotopic (exact) mass is 491 g/mol. The van der Waals surface area contributed by atoms with Gasteiger partial charge in [-0.3, -0.25) is 9.69 Å². The van der Waals surface area contributed by atoms with E-state index in [0.29, 0.717) is 23.7 Å². The zero-order valence-corrected chi connectivity index (χ0v) is 19.8. The van der Waals surface area contributed by atoms with Crippen molar-refractivity contribution in [3.63, 3.8) is 0 Å². The average molecular weight is 493 g/mol. The number of anilines is 1. The first-order valence-electron chi connectivity index (χ1n) is 9.85. The number of hydrogen-bond acceptors (Lipinski definition) is 4. The smallest absolute Gasteiger partial charge is 0.241 e. The molecule has 168 valence electrons. The Kier molecular flexibility index (Phi) is 9.11. The van der Waals surface area contributed by atoms with Gasteiger partial charge in [0.15, 0.2) is 0 Å². The number of aromatic amines is 1. The van der Waals surface area contributed by atoms with Gasteiger partial charge in [0.2, 0.25) is 5.91 Å². The van der Waals surface area contributed by atoms with Crippen LogP contribution in [0.15, 0.2) is 61.1 Å². The van der Waals surface area contributed by atoms with Crippen molar-refractivity contribution in [3.8, 4) is 6.07 Å². The predicted molar refractivity (Wildman–Crippen MR) is 131 cm³/mol. The normalized spacial score (nSPS) is 15.8. The first-order chi connectivity index (χ1) is 14.6. The number of rotatable bonds is 5. The molecule has 1 saturated heterocycles. The summed E-state index contributed by atoms with van der Waals surface area (Å²) in [6, 6.07) is 17.1. The number of carbonyl (C=O) groups is 1. The summed E-state index contributed by atoms with van der Waals surface area (Å²) < 4.78 is 0. The van der Waals surface area contributed by atoms with E-state index in [-0.39, 0.29) is 42.7 Å². The average Bonchev–Trinajstić information content (AvgIpc) is 3.28. The van der Waals surface area contributed by atoms with Crippen LogP contribution in [0.3, 0.4) is 0 Å². The van der Waals surface area contributed by atoms with E-state index in [0.717, 1.165) is 23.5 Å². The number of carbonyl (C=O) groups excluding carboxylic acids is 1. The summed E-state index contributed by atoms with van der Waals surface area (Å²) in [5.74, 6) is 0.142. The van der Waals surface area contributed by atoms with Crippen molar-refractivity contribution in [2.45, 2.75) is 18.9 Å². The van der Waals surface area contributed by atoms with Crippen molar-refractivity contribution in [1.29, 1.82) is 5.26 Å². The molecule has 0 spiro atoms. The van der Waals surface area contributed by atoms with Gasteiger partial charge in [-0.2, -0.15) is 5.26 Å². The van der Waals surface area contributed by atoms with Crippen LogP contribution in [-0.2, 0) is 4.79 Å². The molecule has 0 bridgehead atoms. The maximum atomic E-state index is 13.0. The Morgan fingerprint density at radius 2 is 1.91 bits per heavy atom. The fraction of sp³-hybridized carbons (Fsp3) is 0.261. The van der Waals surface area contributed by atoms with E-state index in [1.807, 2.05) is 48.7 Å². The van der Waals surface area contributed by atoms with Crippen molar-refractivity contribution in [1.82, 2.24) is 14.9 Å². The molecule has 1 N–H and O–H groups in total. The van der Waals surface area contributed by atoms with Gasteiger partial charge in [-0.05, 0) is 35.9 Å². The minimum Gasteiger partial charge on any atom is -0.347 e. The molecule has 2 aromatic carbocycles. The van der Waals surface area contributed by atoms with Crippen LogP contribution in [0, 0.1) is 11.3 Å². The molecule has 32 heavy (non-hydrogen) atoms. The van der Waals surface area contributed by atoms with Crippen LogP contribution < -0.4 is 4.90 Å². The summed E-state index contributed by atoms with van der Waals surface area (Å²) in [4.78, 5) is 24.4. The standard InChI is InChI=1S/C23H22ClN5O.2ClH/c1-16(18-7-5-17(12-25)6-8-18)23(21-13-26-15-27-21)28-9-10-29(22(30)14-28)20-4-2-3-19(24)11-20;;/h2-8,11,13,15-16,23H,9-10,14H2,1H3,(H,26,27);2*1H. The van der Waals surface area contributed by atoms with Crippen LogP contribution in [0.25, 0.3) is 0 Å². The molecule has 3 aromatic rings. The van der Waals surface area contributed by atoms with Crippen molar-refractivity contribution in [2.24, 2.45) is 0 Å². The lowest BCUT2D eigenvalue weighted by atomic mass is 9.89. The lowest BCUT2D eigenvalue weighted by Crippen LogP contribution is -2.52. The Labute approximate surface area is 205 Å². The highest BCUT2D eigenvalue weighted by atomic mass is 35.5. The molecule has 6 nitrogen and oxygen atoms in total. The van der Waals surface area contributed by atoms with Crippen LogP contribution in [0.2, 0.25) is 5.02 Å². The third kappa shape index (κ3) is 5.43. The molecule has 2 heterocycles. The first-order valence-corrected chi connectivity index (χ1v) is 10.2. The van der Waals surface area contributed by atoms with Gasteiger partial charge in [0.05, 0.1) is 36.2 Å². The largest absolute Gasteiger partial charge is 0.347 e. The van der Waals surface area contributed by atoms with Gasteiger partial charge in [-0.1, -0.05) is 36.7 Å². The minimum atomic E-state index is -0.0362. The number of halogens is 3. The summed E-state index contributed by atoms with van der Waals surface area (Å²) >= 11 is 6.11. The number of benzene rings is 2. The zero-order chi connectivity index (χ0) is 21.1. The number of nitrogens with zero attached hydrogens (tertiary/aromatic N) is 4. The number of nitriles is 1. The van der Waals surface area contributed by atoms with Gasteiger partial charge in [0.25, 0.3) is 0 Å². The summed E-state index contributed by atoms with van der Waals surface area (Å²) in [7, 11) is 0. The topological polar surface area (TPSA) is 76.0 Å².